The Morgan fingerprint density at radius 3 is 2.74 bits per heavy atom. The van der Waals surface area contributed by atoms with E-state index in [-0.39, 0.29) is 36.0 Å². The zero-order valence-electron chi connectivity index (χ0n) is 14.4. The highest BCUT2D eigenvalue weighted by Crippen LogP contribution is 2.30. The number of hydrogen-bond donors (Lipinski definition) is 1. The smallest absolute Gasteiger partial charge is 0.248 e. The van der Waals surface area contributed by atoms with Gasteiger partial charge in [-0.1, -0.05) is 0 Å². The van der Waals surface area contributed by atoms with Crippen molar-refractivity contribution in [2.24, 2.45) is 5.92 Å². The highest BCUT2D eigenvalue weighted by Gasteiger charge is 2.38. The minimum Gasteiger partial charge on any atom is -0.338 e. The van der Waals surface area contributed by atoms with Crippen molar-refractivity contribution in [1.29, 1.82) is 0 Å². The van der Waals surface area contributed by atoms with Crippen LogP contribution in [0.2, 0.25) is 0 Å². The Hall–Kier alpha value is -3.03. The molecule has 4 rings (SSSR count). The number of nitrogens with one attached hydrogen (secondary N) is 1. The van der Waals surface area contributed by atoms with Crippen LogP contribution in [-0.4, -0.2) is 34.8 Å². The summed E-state index contributed by atoms with van der Waals surface area (Å²) in [4.78, 5) is 42.0. The third-order valence-corrected chi connectivity index (χ3v) is 5.11. The molecule has 1 aromatic heterocycles. The number of nitrogens with zero attached hydrogens (tertiary/aromatic N) is 2. The molecule has 1 saturated heterocycles. The number of aromatic amines is 1. The fourth-order valence-corrected chi connectivity index (χ4v) is 3.72. The van der Waals surface area contributed by atoms with Crippen molar-refractivity contribution in [2.45, 2.75) is 19.4 Å². The van der Waals surface area contributed by atoms with Crippen molar-refractivity contribution < 1.29 is 18.4 Å². The molecule has 2 aromatic rings. The van der Waals surface area contributed by atoms with E-state index in [0.717, 1.165) is 23.3 Å². The summed E-state index contributed by atoms with van der Waals surface area (Å²) in [6.45, 7) is 0.890. The van der Waals surface area contributed by atoms with Crippen LogP contribution in [-0.2, 0) is 22.6 Å². The van der Waals surface area contributed by atoms with Crippen LogP contribution in [0.3, 0.4) is 0 Å². The lowest BCUT2D eigenvalue weighted by molar-refractivity contribution is -0.136. The molecule has 0 aliphatic carbocycles. The average Bonchev–Trinajstić information content (AvgIpc) is 3.02. The van der Waals surface area contributed by atoms with E-state index < -0.39 is 17.6 Å². The lowest BCUT2D eigenvalue weighted by atomic mass is 9.99. The zero-order chi connectivity index (χ0) is 19.1. The second kappa shape index (κ2) is 6.61. The Balaban J connectivity index is 1.50. The van der Waals surface area contributed by atoms with E-state index in [4.69, 9.17) is 0 Å². The first kappa shape index (κ1) is 17.4. The van der Waals surface area contributed by atoms with Crippen molar-refractivity contribution >= 4 is 17.5 Å². The molecular formula is C19H17F2N3O3. The predicted molar refractivity (Wildman–Crippen MR) is 93.0 cm³/mol. The SMILES string of the molecule is O=C(C1CC(=O)N(c2ccc(F)cc2F)C1)N1CCc2cc(=O)[nH]cc2C1. The minimum absolute atomic E-state index is 0.00930. The normalized spacial score (nSPS) is 19.3. The summed E-state index contributed by atoms with van der Waals surface area (Å²) in [5, 5.41) is 0. The van der Waals surface area contributed by atoms with Crippen LogP contribution in [0.1, 0.15) is 17.5 Å². The number of rotatable bonds is 2. The molecule has 0 radical (unpaired) electrons. The molecule has 1 unspecified atom stereocenters. The van der Waals surface area contributed by atoms with Gasteiger partial charge in [-0.3, -0.25) is 14.4 Å². The average molecular weight is 373 g/mol. The van der Waals surface area contributed by atoms with E-state index in [2.05, 4.69) is 4.98 Å². The van der Waals surface area contributed by atoms with Gasteiger partial charge in [-0.2, -0.15) is 0 Å². The summed E-state index contributed by atoms with van der Waals surface area (Å²) >= 11 is 0. The molecule has 0 bridgehead atoms. The van der Waals surface area contributed by atoms with Crippen molar-refractivity contribution in [3.8, 4) is 0 Å². The molecular weight excluding hydrogens is 356 g/mol. The molecule has 1 fully saturated rings. The van der Waals surface area contributed by atoms with Gasteiger partial charge in [-0.25, -0.2) is 8.78 Å². The van der Waals surface area contributed by atoms with Gasteiger partial charge < -0.3 is 14.8 Å². The third-order valence-electron chi connectivity index (χ3n) is 5.11. The van der Waals surface area contributed by atoms with E-state index in [9.17, 15) is 23.2 Å². The summed E-state index contributed by atoms with van der Waals surface area (Å²) in [5.41, 5.74) is 1.60. The van der Waals surface area contributed by atoms with E-state index in [1.165, 1.54) is 17.0 Å². The second-order valence-electron chi connectivity index (χ2n) is 6.86. The van der Waals surface area contributed by atoms with Gasteiger partial charge in [-0.05, 0) is 29.7 Å². The van der Waals surface area contributed by atoms with Gasteiger partial charge in [0.1, 0.15) is 11.6 Å². The molecule has 2 aliphatic rings. The number of fused-ring (bicyclic) bond motifs is 1. The fourth-order valence-electron chi connectivity index (χ4n) is 3.72. The summed E-state index contributed by atoms with van der Waals surface area (Å²) < 4.78 is 27.1. The summed E-state index contributed by atoms with van der Waals surface area (Å²) in [6, 6.07) is 4.56. The number of hydrogen-bond acceptors (Lipinski definition) is 3. The minimum atomic E-state index is -0.827. The fraction of sp³-hybridized carbons (Fsp3) is 0.316. The lowest BCUT2D eigenvalue weighted by Crippen LogP contribution is -2.41. The summed E-state index contributed by atoms with van der Waals surface area (Å²) in [5.74, 6) is -2.66. The van der Waals surface area contributed by atoms with Crippen molar-refractivity contribution in [2.75, 3.05) is 18.0 Å². The monoisotopic (exact) mass is 373 g/mol. The highest BCUT2D eigenvalue weighted by atomic mass is 19.1. The van der Waals surface area contributed by atoms with Crippen LogP contribution in [0.5, 0.6) is 0 Å². The maximum Gasteiger partial charge on any atom is 0.248 e. The van der Waals surface area contributed by atoms with E-state index in [0.29, 0.717) is 19.5 Å². The van der Waals surface area contributed by atoms with Gasteiger partial charge in [-0.15, -0.1) is 0 Å². The van der Waals surface area contributed by atoms with Crippen molar-refractivity contribution in [1.82, 2.24) is 9.88 Å². The summed E-state index contributed by atoms with van der Waals surface area (Å²) in [7, 11) is 0. The standard InChI is InChI=1S/C19H17F2N3O3/c20-14-1-2-16(15(21)7-14)24-10-12(6-18(24)26)19(27)23-4-3-11-5-17(25)22-8-13(11)9-23/h1-2,5,7-8,12H,3-4,6,9-10H2,(H,22,25). The van der Waals surface area contributed by atoms with Crippen molar-refractivity contribution in [3.63, 3.8) is 0 Å². The molecule has 2 amide bonds. The number of H-pyrrole nitrogens is 1. The Morgan fingerprint density at radius 1 is 1.15 bits per heavy atom. The Morgan fingerprint density at radius 2 is 1.96 bits per heavy atom. The number of amides is 2. The van der Waals surface area contributed by atoms with Gasteiger partial charge >= 0.3 is 0 Å². The molecule has 1 N–H and O–H groups in total. The van der Waals surface area contributed by atoms with E-state index >= 15 is 0 Å². The van der Waals surface area contributed by atoms with Crippen LogP contribution in [0.15, 0.2) is 35.3 Å². The number of anilines is 1. The number of benzene rings is 1. The van der Waals surface area contributed by atoms with Crippen molar-refractivity contribution in [3.05, 3.63) is 63.6 Å². The third kappa shape index (κ3) is 3.22. The Bertz CT molecular complexity index is 988. The highest BCUT2D eigenvalue weighted by molar-refractivity contribution is 6.00. The first-order valence-corrected chi connectivity index (χ1v) is 8.67. The van der Waals surface area contributed by atoms with Gasteiger partial charge in [0.05, 0.1) is 11.6 Å². The van der Waals surface area contributed by atoms with Crippen LogP contribution in [0, 0.1) is 17.6 Å². The van der Waals surface area contributed by atoms with Crippen LogP contribution >= 0.6 is 0 Å². The Labute approximate surface area is 153 Å². The lowest BCUT2D eigenvalue weighted by Gasteiger charge is -2.30. The number of halogens is 2. The van der Waals surface area contributed by atoms with Gasteiger partial charge in [0, 0.05) is 44.4 Å². The summed E-state index contributed by atoms with van der Waals surface area (Å²) in [6.07, 6.45) is 2.17. The largest absolute Gasteiger partial charge is 0.338 e. The molecule has 1 aromatic carbocycles. The van der Waals surface area contributed by atoms with Crippen LogP contribution in [0.4, 0.5) is 14.5 Å². The number of carbonyl (C=O) groups is 2. The molecule has 2 aliphatic heterocycles. The van der Waals surface area contributed by atoms with Crippen LogP contribution < -0.4 is 10.5 Å². The molecule has 140 valence electrons. The number of carbonyl (C=O) groups excluding carboxylic acids is 2. The zero-order valence-corrected chi connectivity index (χ0v) is 14.4. The molecule has 0 saturated carbocycles. The molecule has 6 nitrogen and oxygen atoms in total. The number of aromatic nitrogens is 1. The molecule has 27 heavy (non-hydrogen) atoms. The Kier molecular flexibility index (Phi) is 4.25. The topological polar surface area (TPSA) is 73.5 Å². The predicted octanol–water partition coefficient (Wildman–Crippen LogP) is 1.59. The maximum absolute atomic E-state index is 14.0. The van der Waals surface area contributed by atoms with Gasteiger partial charge in [0.25, 0.3) is 0 Å². The first-order valence-electron chi connectivity index (χ1n) is 8.67. The van der Waals surface area contributed by atoms with Gasteiger partial charge in [0.15, 0.2) is 0 Å². The quantitative estimate of drug-likeness (QED) is 0.869. The molecule has 3 heterocycles. The molecule has 0 spiro atoms. The maximum atomic E-state index is 14.0. The molecule has 8 heteroatoms. The number of pyridine rings is 1. The van der Waals surface area contributed by atoms with E-state index in [1.807, 2.05) is 0 Å². The first-order chi connectivity index (χ1) is 12.9. The van der Waals surface area contributed by atoms with Crippen LogP contribution in [0.25, 0.3) is 0 Å². The molecule has 1 atom stereocenters. The van der Waals surface area contributed by atoms with E-state index in [1.54, 1.807) is 11.1 Å². The second-order valence-corrected chi connectivity index (χ2v) is 6.86. The van der Waals surface area contributed by atoms with Gasteiger partial charge in [0.2, 0.25) is 17.4 Å².